The molecule has 0 atom stereocenters. The van der Waals surface area contributed by atoms with E-state index in [1.165, 1.54) is 34.3 Å². The summed E-state index contributed by atoms with van der Waals surface area (Å²) in [5, 5.41) is 12.2. The van der Waals surface area contributed by atoms with Gasteiger partial charge >= 0.3 is 0 Å². The van der Waals surface area contributed by atoms with Gasteiger partial charge in [0.25, 0.3) is 0 Å². The fourth-order valence-electron chi connectivity index (χ4n) is 3.83. The Labute approximate surface area is 151 Å². The molecular formula is C18H24BrN5. The lowest BCUT2D eigenvalue weighted by Gasteiger charge is -2.32. The van der Waals surface area contributed by atoms with E-state index < -0.39 is 0 Å². The third-order valence-electron chi connectivity index (χ3n) is 5.23. The summed E-state index contributed by atoms with van der Waals surface area (Å²) in [4.78, 5) is 2.56. The molecule has 1 aromatic heterocycles. The minimum absolute atomic E-state index is 0.562. The third kappa shape index (κ3) is 3.27. The molecule has 3 heterocycles. The van der Waals surface area contributed by atoms with Gasteiger partial charge in [0.15, 0.2) is 0 Å². The Morgan fingerprint density at radius 1 is 1.21 bits per heavy atom. The number of hydrogen-bond donors (Lipinski definition) is 1. The zero-order valence-corrected chi connectivity index (χ0v) is 15.7. The summed E-state index contributed by atoms with van der Waals surface area (Å²) in [7, 11) is 0. The monoisotopic (exact) mass is 389 g/mol. The Hall–Kier alpha value is -1.24. The van der Waals surface area contributed by atoms with E-state index in [0.29, 0.717) is 5.92 Å². The minimum Gasteiger partial charge on any atom is -0.312 e. The molecule has 24 heavy (non-hydrogen) atoms. The van der Waals surface area contributed by atoms with Gasteiger partial charge in [-0.3, -0.25) is 4.90 Å². The predicted octanol–water partition coefficient (Wildman–Crippen LogP) is 2.83. The first kappa shape index (κ1) is 16.2. The molecule has 0 unspecified atom stereocenters. The standard InChI is InChI=1S/C18H24BrN5/c1-13-10-14(2-3-16(13)19)12-23-7-4-15(5-8-23)18-22-21-17-11-20-6-9-24(17)18/h2-3,10,15,20H,4-9,11-12H2,1H3. The Bertz CT molecular complexity index is 718. The maximum absolute atomic E-state index is 4.50. The molecule has 2 aliphatic heterocycles. The number of piperidine rings is 1. The van der Waals surface area contributed by atoms with Crippen LogP contribution in [0.3, 0.4) is 0 Å². The Morgan fingerprint density at radius 2 is 2.04 bits per heavy atom. The lowest BCUT2D eigenvalue weighted by atomic mass is 9.95. The summed E-state index contributed by atoms with van der Waals surface area (Å²) in [6.07, 6.45) is 2.36. The molecule has 2 aromatic rings. The molecule has 128 valence electrons. The van der Waals surface area contributed by atoms with Crippen molar-refractivity contribution in [3.8, 4) is 0 Å². The van der Waals surface area contributed by atoms with Crippen molar-refractivity contribution in [3.63, 3.8) is 0 Å². The number of aryl methyl sites for hydroxylation is 1. The quantitative estimate of drug-likeness (QED) is 0.876. The van der Waals surface area contributed by atoms with E-state index in [2.05, 4.69) is 66.0 Å². The maximum atomic E-state index is 4.50. The van der Waals surface area contributed by atoms with Gasteiger partial charge in [-0.2, -0.15) is 0 Å². The van der Waals surface area contributed by atoms with Gasteiger partial charge in [0.05, 0.1) is 6.54 Å². The van der Waals surface area contributed by atoms with Crippen LogP contribution in [-0.4, -0.2) is 39.3 Å². The van der Waals surface area contributed by atoms with Crippen LogP contribution in [0.25, 0.3) is 0 Å². The zero-order chi connectivity index (χ0) is 16.5. The summed E-state index contributed by atoms with van der Waals surface area (Å²) >= 11 is 3.58. The van der Waals surface area contributed by atoms with Crippen LogP contribution in [0.1, 0.15) is 41.5 Å². The summed E-state index contributed by atoms with van der Waals surface area (Å²) in [6.45, 7) is 8.37. The van der Waals surface area contributed by atoms with Crippen LogP contribution in [0, 0.1) is 6.92 Å². The average Bonchev–Trinajstić information content (AvgIpc) is 3.03. The number of nitrogens with zero attached hydrogens (tertiary/aromatic N) is 4. The van der Waals surface area contributed by atoms with Gasteiger partial charge in [-0.15, -0.1) is 10.2 Å². The number of nitrogens with one attached hydrogen (secondary N) is 1. The van der Waals surface area contributed by atoms with Crippen LogP contribution in [-0.2, 0) is 19.6 Å². The second kappa shape index (κ2) is 6.94. The highest BCUT2D eigenvalue weighted by molar-refractivity contribution is 9.10. The fraction of sp³-hybridized carbons (Fsp3) is 0.556. The highest BCUT2D eigenvalue weighted by Gasteiger charge is 2.26. The normalized spacial score (nSPS) is 19.4. The summed E-state index contributed by atoms with van der Waals surface area (Å²) in [5.74, 6) is 2.88. The first-order valence-corrected chi connectivity index (χ1v) is 9.60. The Balaban J connectivity index is 1.38. The summed E-state index contributed by atoms with van der Waals surface area (Å²) < 4.78 is 3.53. The molecule has 1 saturated heterocycles. The van der Waals surface area contributed by atoms with Crippen LogP contribution in [0.4, 0.5) is 0 Å². The lowest BCUT2D eigenvalue weighted by molar-refractivity contribution is 0.199. The van der Waals surface area contributed by atoms with Crippen molar-refractivity contribution in [1.29, 1.82) is 0 Å². The summed E-state index contributed by atoms with van der Waals surface area (Å²) in [6, 6.07) is 6.68. The second-order valence-electron chi connectivity index (χ2n) is 6.94. The van der Waals surface area contributed by atoms with Crippen molar-refractivity contribution in [2.75, 3.05) is 19.6 Å². The zero-order valence-electron chi connectivity index (χ0n) is 14.1. The molecule has 0 bridgehead atoms. The number of hydrogen-bond acceptors (Lipinski definition) is 4. The lowest BCUT2D eigenvalue weighted by Crippen LogP contribution is -2.34. The molecule has 0 radical (unpaired) electrons. The molecule has 0 aliphatic carbocycles. The van der Waals surface area contributed by atoms with Crippen LogP contribution in [0.15, 0.2) is 22.7 Å². The Morgan fingerprint density at radius 3 is 2.83 bits per heavy atom. The number of rotatable bonds is 3. The molecule has 0 spiro atoms. The van der Waals surface area contributed by atoms with Gasteiger partial charge in [-0.1, -0.05) is 28.1 Å². The molecule has 0 amide bonds. The topological polar surface area (TPSA) is 46.0 Å². The van der Waals surface area contributed by atoms with E-state index in [4.69, 9.17) is 0 Å². The van der Waals surface area contributed by atoms with Gasteiger partial charge in [0, 0.05) is 30.0 Å². The third-order valence-corrected chi connectivity index (χ3v) is 6.12. The van der Waals surface area contributed by atoms with Crippen LogP contribution in [0.2, 0.25) is 0 Å². The molecule has 4 rings (SSSR count). The molecule has 1 aromatic carbocycles. The first-order chi connectivity index (χ1) is 11.7. The van der Waals surface area contributed by atoms with Crippen molar-refractivity contribution in [1.82, 2.24) is 25.0 Å². The molecule has 2 aliphatic rings. The van der Waals surface area contributed by atoms with Gasteiger partial charge in [0.2, 0.25) is 0 Å². The van der Waals surface area contributed by atoms with Gasteiger partial charge in [-0.25, -0.2) is 0 Å². The first-order valence-electron chi connectivity index (χ1n) is 8.81. The summed E-state index contributed by atoms with van der Waals surface area (Å²) in [5.41, 5.74) is 2.71. The highest BCUT2D eigenvalue weighted by Crippen LogP contribution is 2.29. The van der Waals surface area contributed by atoms with E-state index in [1.807, 2.05) is 0 Å². The van der Waals surface area contributed by atoms with E-state index in [9.17, 15) is 0 Å². The van der Waals surface area contributed by atoms with Crippen LogP contribution < -0.4 is 5.32 Å². The second-order valence-corrected chi connectivity index (χ2v) is 7.79. The van der Waals surface area contributed by atoms with Gasteiger partial charge in [-0.05, 0) is 50.0 Å². The molecule has 5 nitrogen and oxygen atoms in total. The molecular weight excluding hydrogens is 366 g/mol. The van der Waals surface area contributed by atoms with Crippen molar-refractivity contribution in [3.05, 3.63) is 45.4 Å². The molecule has 6 heteroatoms. The van der Waals surface area contributed by atoms with Crippen molar-refractivity contribution in [2.45, 2.75) is 45.3 Å². The van der Waals surface area contributed by atoms with E-state index in [0.717, 1.165) is 45.1 Å². The van der Waals surface area contributed by atoms with E-state index in [1.54, 1.807) is 0 Å². The Kier molecular flexibility index (Phi) is 4.70. The van der Waals surface area contributed by atoms with Crippen molar-refractivity contribution < 1.29 is 0 Å². The van der Waals surface area contributed by atoms with Crippen molar-refractivity contribution in [2.24, 2.45) is 0 Å². The largest absolute Gasteiger partial charge is 0.312 e. The fourth-order valence-corrected chi connectivity index (χ4v) is 4.08. The number of fused-ring (bicyclic) bond motifs is 1. The molecule has 0 saturated carbocycles. The van der Waals surface area contributed by atoms with Gasteiger partial charge in [0.1, 0.15) is 11.6 Å². The smallest absolute Gasteiger partial charge is 0.147 e. The van der Waals surface area contributed by atoms with Crippen LogP contribution in [0.5, 0.6) is 0 Å². The van der Waals surface area contributed by atoms with Gasteiger partial charge < -0.3 is 9.88 Å². The van der Waals surface area contributed by atoms with Crippen LogP contribution >= 0.6 is 15.9 Å². The molecule has 1 fully saturated rings. The number of benzene rings is 1. The maximum Gasteiger partial charge on any atom is 0.147 e. The number of likely N-dealkylation sites (tertiary alicyclic amines) is 1. The number of aromatic nitrogens is 3. The highest BCUT2D eigenvalue weighted by atomic mass is 79.9. The SMILES string of the molecule is Cc1cc(CN2CCC(c3nnc4n3CCNC4)CC2)ccc1Br. The van der Waals surface area contributed by atoms with Crippen molar-refractivity contribution >= 4 is 15.9 Å². The van der Waals surface area contributed by atoms with E-state index in [-0.39, 0.29) is 0 Å². The minimum atomic E-state index is 0.562. The number of halogens is 1. The van der Waals surface area contributed by atoms with E-state index >= 15 is 0 Å². The predicted molar refractivity (Wildman–Crippen MR) is 97.9 cm³/mol. The average molecular weight is 390 g/mol. The molecule has 1 N–H and O–H groups in total.